The van der Waals surface area contributed by atoms with Crippen molar-refractivity contribution >= 4 is 10.0 Å². The van der Waals surface area contributed by atoms with E-state index in [4.69, 9.17) is 9.88 Å². The van der Waals surface area contributed by atoms with Crippen molar-refractivity contribution in [2.75, 3.05) is 6.61 Å². The summed E-state index contributed by atoms with van der Waals surface area (Å²) < 4.78 is 31.1. The number of aromatic nitrogens is 2. The van der Waals surface area contributed by atoms with Crippen LogP contribution in [0.3, 0.4) is 0 Å². The van der Waals surface area contributed by atoms with Gasteiger partial charge in [-0.25, -0.2) is 18.2 Å². The molecule has 2 N–H and O–H groups in total. The zero-order valence-corrected chi connectivity index (χ0v) is 15.5. The summed E-state index contributed by atoms with van der Waals surface area (Å²) in [5.41, 5.74) is 3.44. The van der Waals surface area contributed by atoms with Crippen LogP contribution in [0.4, 0.5) is 0 Å². The maximum atomic E-state index is 11.8. The Morgan fingerprint density at radius 3 is 2.58 bits per heavy atom. The van der Waals surface area contributed by atoms with E-state index < -0.39 is 10.0 Å². The van der Waals surface area contributed by atoms with Crippen molar-refractivity contribution in [1.29, 1.82) is 0 Å². The van der Waals surface area contributed by atoms with Gasteiger partial charge in [0.05, 0.1) is 29.1 Å². The van der Waals surface area contributed by atoms with Crippen molar-refractivity contribution in [3.05, 3.63) is 60.3 Å². The predicted molar refractivity (Wildman–Crippen MR) is 101 cm³/mol. The van der Waals surface area contributed by atoms with Crippen LogP contribution >= 0.6 is 0 Å². The molecule has 0 aliphatic heterocycles. The Morgan fingerprint density at radius 1 is 1.12 bits per heavy atom. The van der Waals surface area contributed by atoms with E-state index in [-0.39, 0.29) is 4.90 Å². The second-order valence-corrected chi connectivity index (χ2v) is 7.31. The molecule has 7 heteroatoms. The van der Waals surface area contributed by atoms with Crippen LogP contribution in [0.5, 0.6) is 5.75 Å². The lowest BCUT2D eigenvalue weighted by Gasteiger charge is -2.15. The highest BCUT2D eigenvalue weighted by molar-refractivity contribution is 7.89. The van der Waals surface area contributed by atoms with Gasteiger partial charge in [0.1, 0.15) is 5.75 Å². The molecule has 6 nitrogen and oxygen atoms in total. The van der Waals surface area contributed by atoms with Crippen LogP contribution in [0.25, 0.3) is 16.9 Å². The fourth-order valence-electron chi connectivity index (χ4n) is 2.88. The van der Waals surface area contributed by atoms with Crippen molar-refractivity contribution in [1.82, 2.24) is 9.78 Å². The molecule has 0 bridgehead atoms. The van der Waals surface area contributed by atoms with Gasteiger partial charge in [-0.15, -0.1) is 0 Å². The number of primary sulfonamides is 1. The molecule has 0 fully saturated rings. The summed E-state index contributed by atoms with van der Waals surface area (Å²) in [6.45, 7) is 4.41. The number of sulfonamides is 1. The van der Waals surface area contributed by atoms with Gasteiger partial charge in [-0.1, -0.05) is 25.1 Å². The largest absolute Gasteiger partial charge is 0.493 e. The summed E-state index contributed by atoms with van der Waals surface area (Å²) in [7, 11) is -3.82. The van der Waals surface area contributed by atoms with E-state index in [2.05, 4.69) is 12.0 Å². The number of hydrogen-bond donors (Lipinski definition) is 1. The zero-order valence-electron chi connectivity index (χ0n) is 14.7. The minimum absolute atomic E-state index is 0.0347. The lowest BCUT2D eigenvalue weighted by Crippen LogP contribution is -2.12. The van der Waals surface area contributed by atoms with Gasteiger partial charge in [-0.3, -0.25) is 0 Å². The number of benzene rings is 2. The van der Waals surface area contributed by atoms with Gasteiger partial charge in [0.2, 0.25) is 10.0 Å². The summed E-state index contributed by atoms with van der Waals surface area (Å²) in [4.78, 5) is 0.0347. The van der Waals surface area contributed by atoms with Gasteiger partial charge >= 0.3 is 0 Å². The predicted octanol–water partition coefficient (Wildman–Crippen LogP) is 3.15. The first-order valence-electron chi connectivity index (χ1n) is 8.38. The first-order valence-corrected chi connectivity index (χ1v) is 9.92. The first kappa shape index (κ1) is 18.2. The van der Waals surface area contributed by atoms with E-state index in [0.717, 1.165) is 23.4 Å². The number of hydrogen-bond acceptors (Lipinski definition) is 4. The lowest BCUT2D eigenvalue weighted by atomic mass is 10.1. The second kappa shape index (κ2) is 7.31. The highest BCUT2D eigenvalue weighted by Gasteiger charge is 2.18. The fourth-order valence-corrected chi connectivity index (χ4v) is 3.42. The molecule has 136 valence electrons. The SMILES string of the molecule is CCOc1ccc(S(N)(=O)=O)cc1-c1ccnn1-c1ccccc1CC. The second-order valence-electron chi connectivity index (χ2n) is 5.75. The number of ether oxygens (including phenoxy) is 1. The van der Waals surface area contributed by atoms with E-state index >= 15 is 0 Å². The molecule has 0 amide bonds. The van der Waals surface area contributed by atoms with Gasteiger partial charge in [0, 0.05) is 5.56 Å². The molecule has 1 heterocycles. The van der Waals surface area contributed by atoms with Crippen LogP contribution in [0.1, 0.15) is 19.4 Å². The Hall–Kier alpha value is -2.64. The Balaban J connectivity index is 2.23. The van der Waals surface area contributed by atoms with E-state index in [1.165, 1.54) is 12.1 Å². The molecular formula is C19H21N3O3S. The summed E-state index contributed by atoms with van der Waals surface area (Å²) in [6, 6.07) is 14.4. The van der Waals surface area contributed by atoms with Crippen molar-refractivity contribution < 1.29 is 13.2 Å². The fraction of sp³-hybridized carbons (Fsp3) is 0.211. The van der Waals surface area contributed by atoms with Gasteiger partial charge in [0.15, 0.2) is 0 Å². The molecule has 0 radical (unpaired) electrons. The number of rotatable bonds is 6. The molecule has 3 aromatic rings. The highest BCUT2D eigenvalue weighted by atomic mass is 32.2. The molecule has 0 saturated heterocycles. The van der Waals surface area contributed by atoms with Crippen molar-refractivity contribution in [2.24, 2.45) is 5.14 Å². The van der Waals surface area contributed by atoms with E-state index in [1.54, 1.807) is 16.9 Å². The van der Waals surface area contributed by atoms with Crippen molar-refractivity contribution in [2.45, 2.75) is 25.2 Å². The molecule has 0 unspecified atom stereocenters. The van der Waals surface area contributed by atoms with Crippen LogP contribution < -0.4 is 9.88 Å². The van der Waals surface area contributed by atoms with Gasteiger partial charge in [0.25, 0.3) is 0 Å². The van der Waals surface area contributed by atoms with Gasteiger partial charge in [-0.2, -0.15) is 5.10 Å². The Kier molecular flexibility index (Phi) is 5.11. The Bertz CT molecular complexity index is 1030. The first-order chi connectivity index (χ1) is 12.5. The number of aryl methyl sites for hydroxylation is 1. The molecule has 1 aromatic heterocycles. The van der Waals surface area contributed by atoms with Crippen LogP contribution in [0.15, 0.2) is 59.6 Å². The molecular weight excluding hydrogens is 350 g/mol. The van der Waals surface area contributed by atoms with Crippen molar-refractivity contribution in [3.63, 3.8) is 0 Å². The Morgan fingerprint density at radius 2 is 1.88 bits per heavy atom. The summed E-state index contributed by atoms with van der Waals surface area (Å²) >= 11 is 0. The molecule has 26 heavy (non-hydrogen) atoms. The highest BCUT2D eigenvalue weighted by Crippen LogP contribution is 2.34. The minimum atomic E-state index is -3.82. The molecule has 0 atom stereocenters. The average molecular weight is 371 g/mol. The summed E-state index contributed by atoms with van der Waals surface area (Å²) in [5, 5.41) is 9.75. The van der Waals surface area contributed by atoms with Crippen LogP contribution in [0, 0.1) is 0 Å². The average Bonchev–Trinajstić information content (AvgIpc) is 3.10. The lowest BCUT2D eigenvalue weighted by molar-refractivity contribution is 0.341. The van der Waals surface area contributed by atoms with E-state index in [0.29, 0.717) is 17.9 Å². The molecule has 0 aliphatic carbocycles. The quantitative estimate of drug-likeness (QED) is 0.721. The smallest absolute Gasteiger partial charge is 0.238 e. The summed E-state index contributed by atoms with van der Waals surface area (Å²) in [5.74, 6) is 0.579. The molecule has 0 aliphatic rings. The van der Waals surface area contributed by atoms with E-state index in [9.17, 15) is 8.42 Å². The van der Waals surface area contributed by atoms with Crippen LogP contribution in [-0.4, -0.2) is 24.8 Å². The third-order valence-corrected chi connectivity index (χ3v) is 5.01. The zero-order chi connectivity index (χ0) is 18.7. The van der Waals surface area contributed by atoms with Crippen LogP contribution in [0.2, 0.25) is 0 Å². The maximum Gasteiger partial charge on any atom is 0.238 e. The number of nitrogens with two attached hydrogens (primary N) is 1. The number of nitrogens with zero attached hydrogens (tertiary/aromatic N) is 2. The minimum Gasteiger partial charge on any atom is -0.493 e. The molecule has 3 rings (SSSR count). The van der Waals surface area contributed by atoms with Gasteiger partial charge in [-0.05, 0) is 49.2 Å². The standard InChI is InChI=1S/C19H21N3O3S/c1-3-14-7-5-6-8-17(14)22-18(11-12-21-22)16-13-15(26(20,23)24)9-10-19(16)25-4-2/h5-13H,3-4H2,1-2H3,(H2,20,23,24). The number of para-hydroxylation sites is 1. The molecule has 2 aromatic carbocycles. The summed E-state index contributed by atoms with van der Waals surface area (Å²) in [6.07, 6.45) is 2.53. The van der Waals surface area contributed by atoms with Gasteiger partial charge < -0.3 is 4.74 Å². The van der Waals surface area contributed by atoms with Crippen molar-refractivity contribution in [3.8, 4) is 22.7 Å². The molecule has 0 saturated carbocycles. The maximum absolute atomic E-state index is 11.8. The topological polar surface area (TPSA) is 87.2 Å². The van der Waals surface area contributed by atoms with Crippen LogP contribution in [-0.2, 0) is 16.4 Å². The Labute approximate surface area is 153 Å². The molecule has 0 spiro atoms. The van der Waals surface area contributed by atoms with E-state index in [1.807, 2.05) is 37.3 Å². The third kappa shape index (κ3) is 3.49. The monoisotopic (exact) mass is 371 g/mol. The third-order valence-electron chi connectivity index (χ3n) is 4.10. The normalized spacial score (nSPS) is 11.5.